The van der Waals surface area contributed by atoms with Gasteiger partial charge in [-0.15, -0.1) is 5.10 Å². The smallest absolute Gasteiger partial charge is 0.173 e. The van der Waals surface area contributed by atoms with E-state index in [9.17, 15) is 4.39 Å². The maximum Gasteiger partial charge on any atom is 0.173 e. The molecular formula is C9H10FN5. The average molecular weight is 207 g/mol. The zero-order valence-electron chi connectivity index (χ0n) is 8.13. The van der Waals surface area contributed by atoms with Crippen LogP contribution in [0.2, 0.25) is 0 Å². The molecule has 0 saturated carbocycles. The van der Waals surface area contributed by atoms with Crippen LogP contribution < -0.4 is 5.73 Å². The molecule has 0 fully saturated rings. The number of aromatic nitrogens is 4. The molecule has 2 aromatic rings. The van der Waals surface area contributed by atoms with Gasteiger partial charge in [-0.25, -0.2) is 4.39 Å². The minimum absolute atomic E-state index is 0.301. The Morgan fingerprint density at radius 2 is 2.13 bits per heavy atom. The van der Waals surface area contributed by atoms with E-state index in [1.165, 1.54) is 10.7 Å². The predicted molar refractivity (Wildman–Crippen MR) is 51.7 cm³/mol. The number of hydrogen-bond donors (Lipinski definition) is 1. The first-order chi connectivity index (χ1) is 7.20. The van der Waals surface area contributed by atoms with Gasteiger partial charge in [-0.05, 0) is 29.5 Å². The first kappa shape index (κ1) is 9.72. The van der Waals surface area contributed by atoms with Crippen molar-refractivity contribution in [1.82, 2.24) is 20.2 Å². The molecule has 15 heavy (non-hydrogen) atoms. The molecule has 0 aliphatic rings. The molecule has 0 aliphatic carbocycles. The maximum absolute atomic E-state index is 13.4. The molecule has 1 aromatic carbocycles. The molecular weight excluding hydrogens is 197 g/mol. The summed E-state index contributed by atoms with van der Waals surface area (Å²) in [6, 6.07) is 5.92. The number of nitrogens with two attached hydrogens (primary N) is 1. The van der Waals surface area contributed by atoms with Gasteiger partial charge in [0.25, 0.3) is 0 Å². The lowest BCUT2D eigenvalue weighted by Gasteiger charge is -2.07. The normalized spacial score (nSPS) is 12.7. The number of halogens is 1. The summed E-state index contributed by atoms with van der Waals surface area (Å²) >= 11 is 0. The highest BCUT2D eigenvalue weighted by Crippen LogP contribution is 2.14. The Hall–Kier alpha value is -1.82. The van der Waals surface area contributed by atoms with Crippen LogP contribution in [0.4, 0.5) is 4.39 Å². The van der Waals surface area contributed by atoms with Crippen LogP contribution in [0, 0.1) is 5.82 Å². The van der Waals surface area contributed by atoms with Crippen LogP contribution in [-0.2, 0) is 0 Å². The van der Waals surface area contributed by atoms with Crippen molar-refractivity contribution in [3.05, 3.63) is 35.9 Å². The van der Waals surface area contributed by atoms with Crippen LogP contribution in [0.5, 0.6) is 0 Å². The SMILES string of the molecule is CC(N)c1nnnn1-c1ccccc1F. The van der Waals surface area contributed by atoms with E-state index in [0.29, 0.717) is 11.5 Å². The van der Waals surface area contributed by atoms with Gasteiger partial charge in [0, 0.05) is 0 Å². The fourth-order valence-electron chi connectivity index (χ4n) is 1.27. The summed E-state index contributed by atoms with van der Waals surface area (Å²) in [5.74, 6) is 0.0480. The van der Waals surface area contributed by atoms with Gasteiger partial charge in [-0.3, -0.25) is 0 Å². The largest absolute Gasteiger partial charge is 0.321 e. The van der Waals surface area contributed by atoms with E-state index in [1.807, 2.05) is 0 Å². The Balaban J connectivity index is 2.55. The van der Waals surface area contributed by atoms with Crippen LogP contribution in [-0.4, -0.2) is 20.2 Å². The minimum Gasteiger partial charge on any atom is -0.321 e. The molecule has 0 aliphatic heterocycles. The quantitative estimate of drug-likeness (QED) is 0.791. The van der Waals surface area contributed by atoms with Crippen LogP contribution in [0.15, 0.2) is 24.3 Å². The summed E-state index contributed by atoms with van der Waals surface area (Å²) in [6.07, 6.45) is 0. The predicted octanol–water partition coefficient (Wildman–Crippen LogP) is 0.821. The summed E-state index contributed by atoms with van der Waals surface area (Å²) < 4.78 is 14.7. The van der Waals surface area contributed by atoms with Crippen molar-refractivity contribution in [3.63, 3.8) is 0 Å². The van der Waals surface area contributed by atoms with Crippen molar-refractivity contribution in [2.75, 3.05) is 0 Å². The third kappa shape index (κ3) is 1.71. The summed E-state index contributed by atoms with van der Waals surface area (Å²) in [7, 11) is 0. The zero-order valence-corrected chi connectivity index (χ0v) is 8.13. The fourth-order valence-corrected chi connectivity index (χ4v) is 1.27. The number of benzene rings is 1. The summed E-state index contributed by atoms with van der Waals surface area (Å²) in [5, 5.41) is 10.9. The highest BCUT2D eigenvalue weighted by molar-refractivity contribution is 5.32. The molecule has 2 N–H and O–H groups in total. The zero-order chi connectivity index (χ0) is 10.8. The van der Waals surface area contributed by atoms with Gasteiger partial charge in [0.1, 0.15) is 11.5 Å². The van der Waals surface area contributed by atoms with E-state index in [2.05, 4.69) is 15.5 Å². The molecule has 1 aromatic heterocycles. The van der Waals surface area contributed by atoms with Crippen molar-refractivity contribution in [2.45, 2.75) is 13.0 Å². The topological polar surface area (TPSA) is 69.6 Å². The molecule has 1 heterocycles. The lowest BCUT2D eigenvalue weighted by atomic mass is 10.3. The second kappa shape index (κ2) is 3.74. The standard InChI is InChI=1S/C9H10FN5/c1-6(11)9-12-13-14-15(9)8-5-3-2-4-7(8)10/h2-6H,11H2,1H3. The molecule has 0 bridgehead atoms. The van der Waals surface area contributed by atoms with Crippen LogP contribution in [0.1, 0.15) is 18.8 Å². The van der Waals surface area contributed by atoms with Crippen LogP contribution >= 0.6 is 0 Å². The van der Waals surface area contributed by atoms with E-state index >= 15 is 0 Å². The summed E-state index contributed by atoms with van der Waals surface area (Å²) in [6.45, 7) is 1.74. The number of hydrogen-bond acceptors (Lipinski definition) is 4. The minimum atomic E-state index is -0.383. The van der Waals surface area contributed by atoms with Gasteiger partial charge in [-0.1, -0.05) is 12.1 Å². The second-order valence-electron chi connectivity index (χ2n) is 3.19. The van der Waals surface area contributed by atoms with Gasteiger partial charge in [-0.2, -0.15) is 4.68 Å². The van der Waals surface area contributed by atoms with E-state index < -0.39 is 0 Å². The lowest BCUT2D eigenvalue weighted by molar-refractivity contribution is 0.595. The third-order valence-electron chi connectivity index (χ3n) is 1.98. The molecule has 2 rings (SSSR count). The van der Waals surface area contributed by atoms with E-state index in [0.717, 1.165) is 0 Å². The Labute approximate surface area is 85.7 Å². The van der Waals surface area contributed by atoms with Gasteiger partial charge in [0.15, 0.2) is 5.82 Å². The molecule has 1 unspecified atom stereocenters. The first-order valence-corrected chi connectivity index (χ1v) is 4.49. The van der Waals surface area contributed by atoms with Crippen LogP contribution in [0.25, 0.3) is 5.69 Å². The summed E-state index contributed by atoms with van der Waals surface area (Å²) in [4.78, 5) is 0. The van der Waals surface area contributed by atoms with Crippen molar-refractivity contribution in [3.8, 4) is 5.69 Å². The van der Waals surface area contributed by atoms with Crippen molar-refractivity contribution in [2.24, 2.45) is 5.73 Å². The van der Waals surface area contributed by atoms with Gasteiger partial charge in [0.05, 0.1) is 6.04 Å². The Morgan fingerprint density at radius 1 is 1.40 bits per heavy atom. The third-order valence-corrected chi connectivity index (χ3v) is 1.98. The monoisotopic (exact) mass is 207 g/mol. The Morgan fingerprint density at radius 3 is 2.80 bits per heavy atom. The maximum atomic E-state index is 13.4. The molecule has 78 valence electrons. The molecule has 1 atom stereocenters. The van der Waals surface area contributed by atoms with Crippen molar-refractivity contribution in [1.29, 1.82) is 0 Å². The first-order valence-electron chi connectivity index (χ1n) is 4.49. The molecule has 6 heteroatoms. The van der Waals surface area contributed by atoms with Gasteiger partial charge < -0.3 is 5.73 Å². The second-order valence-corrected chi connectivity index (χ2v) is 3.19. The molecule has 0 saturated heterocycles. The fraction of sp³-hybridized carbons (Fsp3) is 0.222. The Bertz CT molecular complexity index is 465. The van der Waals surface area contributed by atoms with Gasteiger partial charge in [0.2, 0.25) is 0 Å². The average Bonchev–Trinajstić information content (AvgIpc) is 2.67. The Kier molecular flexibility index (Phi) is 2.42. The molecule has 5 nitrogen and oxygen atoms in total. The van der Waals surface area contributed by atoms with Gasteiger partial charge >= 0.3 is 0 Å². The number of nitrogens with zero attached hydrogens (tertiary/aromatic N) is 4. The molecule has 0 spiro atoms. The summed E-state index contributed by atoms with van der Waals surface area (Å²) in [5.41, 5.74) is 5.96. The van der Waals surface area contributed by atoms with Crippen LogP contribution in [0.3, 0.4) is 0 Å². The molecule has 0 radical (unpaired) electrons. The number of tetrazole rings is 1. The molecule has 0 amide bonds. The lowest BCUT2D eigenvalue weighted by Crippen LogP contribution is -2.14. The van der Waals surface area contributed by atoms with E-state index in [4.69, 9.17) is 5.73 Å². The van der Waals surface area contributed by atoms with E-state index in [1.54, 1.807) is 25.1 Å². The van der Waals surface area contributed by atoms with Crippen molar-refractivity contribution >= 4 is 0 Å². The number of rotatable bonds is 2. The van der Waals surface area contributed by atoms with E-state index in [-0.39, 0.29) is 11.9 Å². The highest BCUT2D eigenvalue weighted by atomic mass is 19.1. The van der Waals surface area contributed by atoms with Crippen molar-refractivity contribution < 1.29 is 4.39 Å². The highest BCUT2D eigenvalue weighted by Gasteiger charge is 2.14. The number of para-hydroxylation sites is 1.